The summed E-state index contributed by atoms with van der Waals surface area (Å²) in [5.74, 6) is 6.36. The summed E-state index contributed by atoms with van der Waals surface area (Å²) < 4.78 is 34.6. The van der Waals surface area contributed by atoms with Crippen LogP contribution in [0.5, 0.6) is 5.75 Å². The number of hydrogen-bond acceptors (Lipinski definition) is 8. The van der Waals surface area contributed by atoms with Gasteiger partial charge in [0.25, 0.3) is 5.91 Å². The van der Waals surface area contributed by atoms with Gasteiger partial charge in [-0.1, -0.05) is 12.0 Å². The number of carbonyl (C=O) groups is 1. The first-order valence-electron chi connectivity index (χ1n) is 11.7. The molecule has 0 aliphatic carbocycles. The molecule has 0 spiro atoms. The number of aromatic nitrogens is 5. The molecule has 1 saturated heterocycles. The van der Waals surface area contributed by atoms with Crippen molar-refractivity contribution in [2.45, 2.75) is 4.90 Å². The average molecular weight is 530 g/mol. The van der Waals surface area contributed by atoms with E-state index in [1.54, 1.807) is 54.6 Å². The molecule has 1 fully saturated rings. The number of sulfonamides is 1. The zero-order chi connectivity index (χ0) is 26.5. The van der Waals surface area contributed by atoms with E-state index in [0.717, 1.165) is 0 Å². The highest BCUT2D eigenvalue weighted by molar-refractivity contribution is 7.89. The molecule has 192 valence electrons. The highest BCUT2D eigenvalue weighted by atomic mass is 32.2. The number of amides is 1. The van der Waals surface area contributed by atoms with Crippen molar-refractivity contribution in [3.05, 3.63) is 90.0 Å². The summed E-state index contributed by atoms with van der Waals surface area (Å²) in [6, 6.07) is 16.9. The molecule has 2 aromatic heterocycles. The van der Waals surface area contributed by atoms with Crippen LogP contribution < -0.4 is 4.74 Å². The largest absolute Gasteiger partial charge is 0.495 e. The predicted molar refractivity (Wildman–Crippen MR) is 137 cm³/mol. The molecule has 11 nitrogen and oxygen atoms in total. The molecule has 5 rings (SSSR count). The van der Waals surface area contributed by atoms with E-state index in [1.165, 1.54) is 27.4 Å². The first kappa shape index (κ1) is 25.1. The minimum absolute atomic E-state index is 0.167. The number of pyridine rings is 1. The summed E-state index contributed by atoms with van der Waals surface area (Å²) in [7, 11) is -2.17. The SMILES string of the molecule is COc1ccc(C(=O)N2CCN(S(=O)(=O)c3ccc(-n4cnnn4)cc3)CC2)cc1C#Cc1ccccn1. The minimum atomic E-state index is -3.72. The third-order valence-corrected chi connectivity index (χ3v) is 7.96. The van der Waals surface area contributed by atoms with Crippen LogP contribution in [-0.2, 0) is 10.0 Å². The van der Waals surface area contributed by atoms with Crippen molar-refractivity contribution in [3.63, 3.8) is 0 Å². The number of nitrogens with zero attached hydrogens (tertiary/aromatic N) is 7. The third-order valence-electron chi connectivity index (χ3n) is 6.05. The van der Waals surface area contributed by atoms with Crippen LogP contribution in [0.25, 0.3) is 5.69 Å². The van der Waals surface area contributed by atoms with E-state index in [0.29, 0.717) is 28.3 Å². The predicted octanol–water partition coefficient (Wildman–Crippen LogP) is 1.61. The van der Waals surface area contributed by atoms with E-state index in [9.17, 15) is 13.2 Å². The number of methoxy groups -OCH3 is 1. The number of tetrazole rings is 1. The Morgan fingerprint density at radius 3 is 2.42 bits per heavy atom. The van der Waals surface area contributed by atoms with Gasteiger partial charge in [-0.3, -0.25) is 4.79 Å². The monoisotopic (exact) mass is 529 g/mol. The number of benzene rings is 2. The maximum absolute atomic E-state index is 13.2. The second-order valence-corrected chi connectivity index (χ2v) is 10.3. The molecule has 1 amide bonds. The summed E-state index contributed by atoms with van der Waals surface area (Å²) in [5, 5.41) is 11.0. The Balaban J connectivity index is 1.27. The van der Waals surface area contributed by atoms with Crippen LogP contribution in [0.4, 0.5) is 0 Å². The second-order valence-electron chi connectivity index (χ2n) is 8.32. The first-order chi connectivity index (χ1) is 18.5. The maximum atomic E-state index is 13.2. The van der Waals surface area contributed by atoms with Gasteiger partial charge >= 0.3 is 0 Å². The van der Waals surface area contributed by atoms with Gasteiger partial charge in [0.1, 0.15) is 17.8 Å². The first-order valence-corrected chi connectivity index (χ1v) is 13.1. The smallest absolute Gasteiger partial charge is 0.253 e. The molecule has 0 radical (unpaired) electrons. The molecule has 0 unspecified atom stereocenters. The zero-order valence-electron chi connectivity index (χ0n) is 20.4. The lowest BCUT2D eigenvalue weighted by atomic mass is 10.1. The highest BCUT2D eigenvalue weighted by Gasteiger charge is 2.30. The van der Waals surface area contributed by atoms with Crippen LogP contribution in [-0.4, -0.2) is 82.0 Å². The molecule has 0 bridgehead atoms. The van der Waals surface area contributed by atoms with E-state index in [2.05, 4.69) is 32.4 Å². The Kier molecular flexibility index (Phi) is 7.12. The quantitative estimate of drug-likeness (QED) is 0.357. The molecule has 12 heteroatoms. The Hall–Kier alpha value is -4.60. The third kappa shape index (κ3) is 5.24. The van der Waals surface area contributed by atoms with Crippen LogP contribution >= 0.6 is 0 Å². The van der Waals surface area contributed by atoms with Gasteiger partial charge in [-0.15, -0.1) is 5.10 Å². The lowest BCUT2D eigenvalue weighted by Crippen LogP contribution is -2.50. The van der Waals surface area contributed by atoms with Gasteiger partial charge in [0, 0.05) is 37.9 Å². The number of hydrogen-bond donors (Lipinski definition) is 0. The Morgan fingerprint density at radius 2 is 1.76 bits per heavy atom. The van der Waals surface area contributed by atoms with Crippen LogP contribution in [0, 0.1) is 11.8 Å². The van der Waals surface area contributed by atoms with Crippen molar-refractivity contribution >= 4 is 15.9 Å². The molecule has 0 atom stereocenters. The molecule has 1 aliphatic rings. The standard InChI is InChI=1S/C26H23N7O4S/c1-37-25-12-6-21(18-20(25)5-7-22-4-2-3-13-27-22)26(34)31-14-16-32(17-15-31)38(35,36)24-10-8-23(9-11-24)33-19-28-29-30-33/h2-4,6,8-13,18-19H,14-17H2,1H3. The van der Waals surface area contributed by atoms with Crippen LogP contribution in [0.1, 0.15) is 21.6 Å². The number of piperazine rings is 1. The number of rotatable bonds is 5. The van der Waals surface area contributed by atoms with Crippen molar-refractivity contribution in [1.29, 1.82) is 0 Å². The van der Waals surface area contributed by atoms with Gasteiger partial charge < -0.3 is 9.64 Å². The van der Waals surface area contributed by atoms with Crippen LogP contribution in [0.15, 0.2) is 78.1 Å². The summed E-state index contributed by atoms with van der Waals surface area (Å²) in [4.78, 5) is 19.2. The molecule has 0 N–H and O–H groups in total. The zero-order valence-corrected chi connectivity index (χ0v) is 21.2. The Labute approximate surface area is 219 Å². The summed E-state index contributed by atoms with van der Waals surface area (Å²) >= 11 is 0. The lowest BCUT2D eigenvalue weighted by Gasteiger charge is -2.34. The van der Waals surface area contributed by atoms with Crippen molar-refractivity contribution in [1.82, 2.24) is 34.4 Å². The van der Waals surface area contributed by atoms with E-state index in [-0.39, 0.29) is 37.0 Å². The second kappa shape index (κ2) is 10.8. The van der Waals surface area contributed by atoms with E-state index >= 15 is 0 Å². The van der Waals surface area contributed by atoms with Gasteiger partial charge in [-0.05, 0) is 70.9 Å². The van der Waals surface area contributed by atoms with Gasteiger partial charge in [0.15, 0.2) is 0 Å². The molecule has 2 aromatic carbocycles. The molecular formula is C26H23N7O4S. The fourth-order valence-electron chi connectivity index (χ4n) is 4.02. The molecule has 1 aliphatic heterocycles. The van der Waals surface area contributed by atoms with E-state index in [4.69, 9.17) is 4.74 Å². The lowest BCUT2D eigenvalue weighted by molar-refractivity contribution is 0.0698. The Morgan fingerprint density at radius 1 is 0.974 bits per heavy atom. The van der Waals surface area contributed by atoms with Gasteiger partial charge in [-0.2, -0.15) is 4.31 Å². The Bertz CT molecular complexity index is 1590. The minimum Gasteiger partial charge on any atom is -0.495 e. The van der Waals surface area contributed by atoms with Gasteiger partial charge in [0.05, 0.1) is 23.3 Å². The summed E-state index contributed by atoms with van der Waals surface area (Å²) in [6.07, 6.45) is 3.09. The van der Waals surface area contributed by atoms with E-state index < -0.39 is 10.0 Å². The normalized spacial score (nSPS) is 14.0. The molecule has 4 aromatic rings. The van der Waals surface area contributed by atoms with Crippen LogP contribution in [0.3, 0.4) is 0 Å². The molecule has 3 heterocycles. The van der Waals surface area contributed by atoms with Crippen LogP contribution in [0.2, 0.25) is 0 Å². The van der Waals surface area contributed by atoms with Gasteiger partial charge in [0.2, 0.25) is 10.0 Å². The highest BCUT2D eigenvalue weighted by Crippen LogP contribution is 2.22. The van der Waals surface area contributed by atoms with Crippen molar-refractivity contribution in [2.75, 3.05) is 33.3 Å². The topological polar surface area (TPSA) is 123 Å². The fraction of sp³-hybridized carbons (Fsp3) is 0.192. The summed E-state index contributed by atoms with van der Waals surface area (Å²) in [6.45, 7) is 0.903. The summed E-state index contributed by atoms with van der Waals surface area (Å²) in [5.41, 5.74) is 2.27. The van der Waals surface area contributed by atoms with Crippen molar-refractivity contribution < 1.29 is 17.9 Å². The maximum Gasteiger partial charge on any atom is 0.253 e. The molecular weight excluding hydrogens is 506 g/mol. The number of carbonyl (C=O) groups excluding carboxylic acids is 1. The molecule has 38 heavy (non-hydrogen) atoms. The molecule has 0 saturated carbocycles. The fourth-order valence-corrected chi connectivity index (χ4v) is 5.44. The van der Waals surface area contributed by atoms with E-state index in [1.807, 2.05) is 12.1 Å². The van der Waals surface area contributed by atoms with Gasteiger partial charge in [-0.25, -0.2) is 18.1 Å². The average Bonchev–Trinajstić information content (AvgIpc) is 3.51. The number of ether oxygens (including phenoxy) is 1. The van der Waals surface area contributed by atoms with Crippen molar-refractivity contribution in [2.24, 2.45) is 0 Å². The van der Waals surface area contributed by atoms with Crippen molar-refractivity contribution in [3.8, 4) is 23.3 Å².